The zero-order chi connectivity index (χ0) is 15.9. The number of aromatic nitrogens is 1. The molecular formula is C17H25N3O3. The van der Waals surface area contributed by atoms with Crippen LogP contribution in [0.1, 0.15) is 12.1 Å². The maximum Gasteiger partial charge on any atom is 0.228 e. The van der Waals surface area contributed by atoms with Gasteiger partial charge in [-0.3, -0.25) is 14.7 Å². The van der Waals surface area contributed by atoms with E-state index in [4.69, 9.17) is 9.47 Å². The van der Waals surface area contributed by atoms with Gasteiger partial charge in [0.05, 0.1) is 25.7 Å². The molecule has 6 heteroatoms. The van der Waals surface area contributed by atoms with Crippen molar-refractivity contribution in [1.82, 2.24) is 14.8 Å². The van der Waals surface area contributed by atoms with E-state index in [0.29, 0.717) is 13.0 Å². The van der Waals surface area contributed by atoms with Crippen LogP contribution in [0, 0.1) is 0 Å². The minimum atomic E-state index is 0.0864. The van der Waals surface area contributed by atoms with Gasteiger partial charge < -0.3 is 14.4 Å². The van der Waals surface area contributed by atoms with Crippen molar-refractivity contribution >= 4 is 5.91 Å². The number of amides is 1. The molecule has 2 fully saturated rings. The molecule has 0 bridgehead atoms. The number of hydrogen-bond acceptors (Lipinski definition) is 5. The monoisotopic (exact) mass is 319 g/mol. The lowest BCUT2D eigenvalue weighted by atomic mass is 10.2. The Morgan fingerprint density at radius 1 is 1.22 bits per heavy atom. The summed E-state index contributed by atoms with van der Waals surface area (Å²) in [5.41, 5.74) is 0.826. The number of ether oxygens (including phenoxy) is 2. The first kappa shape index (κ1) is 16.4. The van der Waals surface area contributed by atoms with E-state index in [0.717, 1.165) is 58.1 Å². The maximum atomic E-state index is 12.6. The van der Waals surface area contributed by atoms with E-state index in [-0.39, 0.29) is 12.0 Å². The van der Waals surface area contributed by atoms with E-state index in [1.165, 1.54) is 0 Å². The molecular weight excluding hydrogens is 294 g/mol. The minimum absolute atomic E-state index is 0.0864. The first-order chi connectivity index (χ1) is 11.3. The summed E-state index contributed by atoms with van der Waals surface area (Å²) in [6.07, 6.45) is 3.08. The lowest BCUT2D eigenvalue weighted by Crippen LogP contribution is -2.46. The molecule has 0 N–H and O–H groups in total. The van der Waals surface area contributed by atoms with Crippen LogP contribution in [0.3, 0.4) is 0 Å². The molecule has 3 heterocycles. The van der Waals surface area contributed by atoms with Crippen LogP contribution >= 0.6 is 0 Å². The molecule has 1 atom stereocenters. The molecule has 2 aliphatic heterocycles. The van der Waals surface area contributed by atoms with Crippen LogP contribution in [0.5, 0.6) is 0 Å². The van der Waals surface area contributed by atoms with Crippen molar-refractivity contribution in [1.29, 1.82) is 0 Å². The average Bonchev–Trinajstić information content (AvgIpc) is 2.82. The third-order valence-electron chi connectivity index (χ3n) is 4.33. The highest BCUT2D eigenvalue weighted by atomic mass is 16.5. The molecule has 0 aliphatic carbocycles. The topological polar surface area (TPSA) is 54.9 Å². The molecule has 2 aliphatic rings. The molecule has 126 valence electrons. The average molecular weight is 319 g/mol. The largest absolute Gasteiger partial charge is 0.379 e. The Hall–Kier alpha value is -1.50. The van der Waals surface area contributed by atoms with Gasteiger partial charge >= 0.3 is 0 Å². The number of hydrogen-bond donors (Lipinski definition) is 0. The summed E-state index contributed by atoms with van der Waals surface area (Å²) < 4.78 is 11.3. The van der Waals surface area contributed by atoms with E-state index in [9.17, 15) is 4.79 Å². The van der Waals surface area contributed by atoms with Crippen molar-refractivity contribution in [2.45, 2.75) is 18.9 Å². The lowest BCUT2D eigenvalue weighted by molar-refractivity contribution is -0.131. The van der Waals surface area contributed by atoms with Crippen LogP contribution < -0.4 is 0 Å². The van der Waals surface area contributed by atoms with Gasteiger partial charge in [0, 0.05) is 51.2 Å². The first-order valence-electron chi connectivity index (χ1n) is 8.40. The number of rotatable bonds is 4. The third-order valence-corrected chi connectivity index (χ3v) is 4.33. The Balaban J connectivity index is 1.54. The lowest BCUT2D eigenvalue weighted by Gasteiger charge is -2.31. The van der Waals surface area contributed by atoms with E-state index >= 15 is 0 Å². The second-order valence-corrected chi connectivity index (χ2v) is 6.10. The Morgan fingerprint density at radius 3 is 2.87 bits per heavy atom. The summed E-state index contributed by atoms with van der Waals surface area (Å²) in [7, 11) is 0. The molecule has 0 saturated carbocycles. The zero-order valence-electron chi connectivity index (χ0n) is 13.5. The van der Waals surface area contributed by atoms with Crippen LogP contribution in [-0.2, 0) is 20.7 Å². The second-order valence-electron chi connectivity index (χ2n) is 6.10. The fraction of sp³-hybridized carbons (Fsp3) is 0.647. The van der Waals surface area contributed by atoms with Crippen LogP contribution in [0.4, 0.5) is 0 Å². The quantitative estimate of drug-likeness (QED) is 0.812. The highest BCUT2D eigenvalue weighted by molar-refractivity contribution is 5.78. The van der Waals surface area contributed by atoms with Gasteiger partial charge in [0.25, 0.3) is 0 Å². The predicted molar refractivity (Wildman–Crippen MR) is 86.1 cm³/mol. The standard InChI is InChI=1S/C17H25N3O3/c21-17(12-15-4-1-2-5-18-15)20-6-3-9-23-16(14-20)13-19-7-10-22-11-8-19/h1-2,4-5,16H,3,6-14H2. The van der Waals surface area contributed by atoms with Crippen molar-refractivity contribution in [2.75, 3.05) is 52.5 Å². The van der Waals surface area contributed by atoms with Gasteiger partial charge in [-0.2, -0.15) is 0 Å². The normalized spacial score (nSPS) is 23.5. The number of carbonyl (C=O) groups is 1. The summed E-state index contributed by atoms with van der Waals surface area (Å²) in [5, 5.41) is 0. The van der Waals surface area contributed by atoms with Gasteiger partial charge in [0.15, 0.2) is 0 Å². The summed E-state index contributed by atoms with van der Waals surface area (Å²) in [5.74, 6) is 0.140. The molecule has 0 spiro atoms. The number of pyridine rings is 1. The van der Waals surface area contributed by atoms with E-state index in [2.05, 4.69) is 9.88 Å². The molecule has 0 aromatic carbocycles. The van der Waals surface area contributed by atoms with Crippen molar-refractivity contribution in [3.05, 3.63) is 30.1 Å². The van der Waals surface area contributed by atoms with E-state index < -0.39 is 0 Å². The Bertz CT molecular complexity index is 491. The van der Waals surface area contributed by atoms with E-state index in [1.807, 2.05) is 23.1 Å². The van der Waals surface area contributed by atoms with Crippen LogP contribution in [0.15, 0.2) is 24.4 Å². The van der Waals surface area contributed by atoms with Gasteiger partial charge in [-0.25, -0.2) is 0 Å². The molecule has 23 heavy (non-hydrogen) atoms. The Labute approximate surface area is 137 Å². The Kier molecular flexibility index (Phi) is 5.96. The first-order valence-corrected chi connectivity index (χ1v) is 8.40. The second kappa shape index (κ2) is 8.38. The molecule has 1 unspecified atom stereocenters. The van der Waals surface area contributed by atoms with Crippen molar-refractivity contribution < 1.29 is 14.3 Å². The predicted octanol–water partition coefficient (Wildman–Crippen LogP) is 0.574. The molecule has 1 aromatic rings. The SMILES string of the molecule is O=C(Cc1ccccn1)N1CCCOC(CN2CCOCC2)C1. The molecule has 2 saturated heterocycles. The van der Waals surface area contributed by atoms with Crippen LogP contribution in [-0.4, -0.2) is 79.3 Å². The van der Waals surface area contributed by atoms with E-state index in [1.54, 1.807) is 6.20 Å². The van der Waals surface area contributed by atoms with Gasteiger partial charge in [-0.05, 0) is 18.6 Å². The molecule has 3 rings (SSSR count). The number of nitrogens with zero attached hydrogens (tertiary/aromatic N) is 3. The van der Waals surface area contributed by atoms with Crippen molar-refractivity contribution in [3.63, 3.8) is 0 Å². The number of carbonyl (C=O) groups excluding carboxylic acids is 1. The molecule has 6 nitrogen and oxygen atoms in total. The van der Waals surface area contributed by atoms with Gasteiger partial charge in [0.1, 0.15) is 0 Å². The van der Waals surface area contributed by atoms with Crippen LogP contribution in [0.2, 0.25) is 0 Å². The Morgan fingerprint density at radius 2 is 2.09 bits per heavy atom. The zero-order valence-corrected chi connectivity index (χ0v) is 13.5. The summed E-state index contributed by atoms with van der Waals surface area (Å²) in [6.45, 7) is 6.50. The summed E-state index contributed by atoms with van der Waals surface area (Å²) in [4.78, 5) is 21.1. The highest BCUT2D eigenvalue weighted by Crippen LogP contribution is 2.11. The van der Waals surface area contributed by atoms with Gasteiger partial charge in [0.2, 0.25) is 5.91 Å². The van der Waals surface area contributed by atoms with Crippen molar-refractivity contribution in [2.24, 2.45) is 0 Å². The number of morpholine rings is 1. The highest BCUT2D eigenvalue weighted by Gasteiger charge is 2.25. The smallest absolute Gasteiger partial charge is 0.228 e. The third kappa shape index (κ3) is 4.99. The summed E-state index contributed by atoms with van der Waals surface area (Å²) >= 11 is 0. The molecule has 1 amide bonds. The fourth-order valence-electron chi connectivity index (χ4n) is 3.07. The van der Waals surface area contributed by atoms with Gasteiger partial charge in [-0.15, -0.1) is 0 Å². The fourth-order valence-corrected chi connectivity index (χ4v) is 3.07. The van der Waals surface area contributed by atoms with Crippen LogP contribution in [0.25, 0.3) is 0 Å². The van der Waals surface area contributed by atoms with Gasteiger partial charge in [-0.1, -0.05) is 6.07 Å². The van der Waals surface area contributed by atoms with Crippen molar-refractivity contribution in [3.8, 4) is 0 Å². The maximum absolute atomic E-state index is 12.6. The molecule has 1 aromatic heterocycles. The molecule has 0 radical (unpaired) electrons. The minimum Gasteiger partial charge on any atom is -0.379 e. The summed E-state index contributed by atoms with van der Waals surface area (Å²) in [6, 6.07) is 5.69.